The number of aromatic carboxylic acids is 2. The van der Waals surface area contributed by atoms with Gasteiger partial charge in [0.05, 0.1) is 5.56 Å². The molecule has 0 fully saturated rings. The summed E-state index contributed by atoms with van der Waals surface area (Å²) in [6, 6.07) is 10.6. The highest BCUT2D eigenvalue weighted by Crippen LogP contribution is 2.27. The summed E-state index contributed by atoms with van der Waals surface area (Å²) >= 11 is 0. The summed E-state index contributed by atoms with van der Waals surface area (Å²) in [5, 5.41) is 18.6. The summed E-state index contributed by atoms with van der Waals surface area (Å²) in [6.45, 7) is 3.32. The lowest BCUT2D eigenvalue weighted by atomic mass is 10.0. The molecule has 2 aromatic rings. The fraction of sp³-hybridized carbons (Fsp3) is 0.543. The topological polar surface area (TPSA) is 93.1 Å². The van der Waals surface area contributed by atoms with Gasteiger partial charge in [-0.05, 0) is 42.8 Å². The largest absolute Gasteiger partial charge is 0.478 e. The van der Waals surface area contributed by atoms with Crippen LogP contribution in [0, 0.1) is 11.8 Å². The van der Waals surface area contributed by atoms with Crippen molar-refractivity contribution in [3.8, 4) is 23.3 Å². The summed E-state index contributed by atoms with van der Waals surface area (Å²) in [6.07, 6.45) is 21.5. The summed E-state index contributed by atoms with van der Waals surface area (Å²) in [5.74, 6) is 4.00. The molecule has 6 nitrogen and oxygen atoms in total. The Balaban J connectivity index is 1.54. The molecule has 2 rings (SSSR count). The number of unbranched alkanes of at least 4 members (excludes halogenated alkanes) is 15. The number of carbonyl (C=O) groups is 2. The maximum absolute atomic E-state index is 11.5. The Hall–Kier alpha value is -3.30. The van der Waals surface area contributed by atoms with Crippen LogP contribution >= 0.6 is 0 Å². The molecule has 0 spiro atoms. The number of benzene rings is 2. The molecule has 41 heavy (non-hydrogen) atoms. The van der Waals surface area contributed by atoms with Gasteiger partial charge >= 0.3 is 11.9 Å². The van der Waals surface area contributed by atoms with Gasteiger partial charge in [-0.1, -0.05) is 121 Å². The fourth-order valence-corrected chi connectivity index (χ4v) is 4.69. The molecule has 0 radical (unpaired) electrons. The fourth-order valence-electron chi connectivity index (χ4n) is 4.69. The van der Waals surface area contributed by atoms with Crippen LogP contribution < -0.4 is 4.74 Å². The minimum atomic E-state index is -1.20. The third-order valence-corrected chi connectivity index (χ3v) is 7.07. The third kappa shape index (κ3) is 15.3. The van der Waals surface area contributed by atoms with E-state index < -0.39 is 11.9 Å². The molecule has 224 valence electrons. The summed E-state index contributed by atoms with van der Waals surface area (Å²) in [7, 11) is 0. The number of hydrogen-bond donors (Lipinski definition) is 2. The lowest BCUT2D eigenvalue weighted by molar-refractivity contribution is 0.0678. The maximum Gasteiger partial charge on any atom is 0.339 e. The van der Waals surface area contributed by atoms with Crippen LogP contribution in [-0.4, -0.2) is 35.4 Å². The lowest BCUT2D eigenvalue weighted by Gasteiger charge is -2.10. The van der Waals surface area contributed by atoms with Crippen LogP contribution in [0.5, 0.6) is 11.5 Å². The number of rotatable bonds is 22. The van der Waals surface area contributed by atoms with Crippen molar-refractivity contribution in [2.24, 2.45) is 0 Å². The predicted molar refractivity (Wildman–Crippen MR) is 164 cm³/mol. The Labute approximate surface area is 246 Å². The molecule has 0 aliphatic rings. The zero-order valence-electron chi connectivity index (χ0n) is 24.8. The van der Waals surface area contributed by atoms with Gasteiger partial charge in [0, 0.05) is 12.2 Å². The summed E-state index contributed by atoms with van der Waals surface area (Å²) in [5.41, 5.74) is 0.524. The molecule has 2 aromatic carbocycles. The Bertz CT molecular complexity index is 1100. The van der Waals surface area contributed by atoms with Crippen molar-refractivity contribution >= 4 is 11.9 Å². The van der Waals surface area contributed by atoms with Crippen LogP contribution in [-0.2, 0) is 4.74 Å². The molecular formula is C35H48O6. The van der Waals surface area contributed by atoms with Crippen molar-refractivity contribution in [3.05, 3.63) is 59.2 Å². The second kappa shape index (κ2) is 21.4. The molecule has 0 heterocycles. The highest BCUT2D eigenvalue weighted by atomic mass is 16.5. The van der Waals surface area contributed by atoms with E-state index in [9.17, 15) is 19.8 Å². The number of carboxylic acid groups (broad SMARTS) is 2. The first-order valence-corrected chi connectivity index (χ1v) is 15.5. The number of hydrogen-bond acceptors (Lipinski definition) is 4. The predicted octanol–water partition coefficient (Wildman–Crippen LogP) is 9.50. The smallest absolute Gasteiger partial charge is 0.339 e. The Morgan fingerprint density at radius 2 is 1.29 bits per heavy atom. The molecule has 0 aliphatic carbocycles. The van der Waals surface area contributed by atoms with E-state index in [-0.39, 0.29) is 16.9 Å². The molecule has 0 bridgehead atoms. The molecule has 0 atom stereocenters. The van der Waals surface area contributed by atoms with Crippen molar-refractivity contribution in [1.82, 2.24) is 0 Å². The minimum Gasteiger partial charge on any atom is -0.478 e. The molecule has 0 aromatic heterocycles. The van der Waals surface area contributed by atoms with E-state index in [1.807, 2.05) is 6.07 Å². The third-order valence-electron chi connectivity index (χ3n) is 7.07. The van der Waals surface area contributed by atoms with Gasteiger partial charge in [-0.15, -0.1) is 0 Å². The van der Waals surface area contributed by atoms with E-state index in [1.165, 1.54) is 115 Å². The molecule has 2 N–H and O–H groups in total. The highest BCUT2D eigenvalue weighted by Gasteiger charge is 2.15. The van der Waals surface area contributed by atoms with Gasteiger partial charge in [-0.3, -0.25) is 0 Å². The van der Waals surface area contributed by atoms with Crippen molar-refractivity contribution < 1.29 is 29.3 Å². The second-order valence-corrected chi connectivity index (χ2v) is 10.6. The van der Waals surface area contributed by atoms with Gasteiger partial charge in [0.25, 0.3) is 0 Å². The molecule has 0 amide bonds. The Morgan fingerprint density at radius 1 is 0.707 bits per heavy atom. The zero-order valence-corrected chi connectivity index (χ0v) is 24.8. The molecular weight excluding hydrogens is 516 g/mol. The van der Waals surface area contributed by atoms with Crippen molar-refractivity contribution in [3.63, 3.8) is 0 Å². The molecule has 0 saturated heterocycles. The van der Waals surface area contributed by atoms with Crippen molar-refractivity contribution in [2.75, 3.05) is 13.2 Å². The van der Waals surface area contributed by atoms with E-state index in [0.717, 1.165) is 6.42 Å². The average Bonchev–Trinajstić information content (AvgIpc) is 2.96. The van der Waals surface area contributed by atoms with E-state index in [4.69, 9.17) is 9.47 Å². The first-order valence-electron chi connectivity index (χ1n) is 15.5. The summed E-state index contributed by atoms with van der Waals surface area (Å²) in [4.78, 5) is 22.8. The quantitative estimate of drug-likeness (QED) is 0.109. The number of carboxylic acids is 2. The second-order valence-electron chi connectivity index (χ2n) is 10.6. The first kappa shape index (κ1) is 33.9. The number of ether oxygens (including phenoxy) is 2. The molecule has 6 heteroatoms. The van der Waals surface area contributed by atoms with E-state index in [2.05, 4.69) is 18.8 Å². The van der Waals surface area contributed by atoms with Gasteiger partial charge in [0.2, 0.25) is 0 Å². The van der Waals surface area contributed by atoms with Crippen LogP contribution in [0.25, 0.3) is 0 Å². The van der Waals surface area contributed by atoms with E-state index in [1.54, 1.807) is 18.2 Å². The highest BCUT2D eigenvalue weighted by molar-refractivity contribution is 5.94. The monoisotopic (exact) mass is 564 g/mol. The van der Waals surface area contributed by atoms with Gasteiger partial charge in [-0.2, -0.15) is 0 Å². The van der Waals surface area contributed by atoms with E-state index in [0.29, 0.717) is 24.5 Å². The van der Waals surface area contributed by atoms with Crippen LogP contribution in [0.1, 0.15) is 136 Å². The molecule has 0 saturated carbocycles. The van der Waals surface area contributed by atoms with Gasteiger partial charge < -0.3 is 19.7 Å². The van der Waals surface area contributed by atoms with Crippen molar-refractivity contribution in [2.45, 2.75) is 110 Å². The van der Waals surface area contributed by atoms with Gasteiger partial charge in [0.15, 0.2) is 0 Å². The maximum atomic E-state index is 11.5. The van der Waals surface area contributed by atoms with Crippen LogP contribution in [0.4, 0.5) is 0 Å². The Kier molecular flexibility index (Phi) is 17.7. The SMILES string of the molecule is CCCCCCCCCCCCCCCCCCOCC#Cc1cccc(Oc2cc(C(=O)O)ccc2C(=O)O)c1. The summed E-state index contributed by atoms with van der Waals surface area (Å²) < 4.78 is 11.4. The van der Waals surface area contributed by atoms with Crippen LogP contribution in [0.15, 0.2) is 42.5 Å². The standard InChI is InChI=1S/C35H48O6/c1-2-3-4-5-6-7-8-9-10-11-12-13-14-15-16-17-25-40-26-19-21-29-20-18-22-31(27-29)41-33-28-30(34(36)37)23-24-32(33)35(38)39/h18,20,22-24,27-28H,2-17,25-26H2,1H3,(H,36,37)(H,38,39). The van der Waals surface area contributed by atoms with Gasteiger partial charge in [0.1, 0.15) is 23.7 Å². The van der Waals surface area contributed by atoms with E-state index >= 15 is 0 Å². The molecule has 0 unspecified atom stereocenters. The molecule has 0 aliphatic heterocycles. The average molecular weight is 565 g/mol. The van der Waals surface area contributed by atoms with Crippen molar-refractivity contribution in [1.29, 1.82) is 0 Å². The van der Waals surface area contributed by atoms with Gasteiger partial charge in [-0.25, -0.2) is 9.59 Å². The van der Waals surface area contributed by atoms with Crippen LogP contribution in [0.3, 0.4) is 0 Å². The zero-order chi connectivity index (χ0) is 29.5. The lowest BCUT2D eigenvalue weighted by Crippen LogP contribution is -2.03. The first-order chi connectivity index (χ1) is 20.0. The normalized spacial score (nSPS) is 10.7. The Morgan fingerprint density at radius 3 is 1.85 bits per heavy atom. The van der Waals surface area contributed by atoms with Crippen LogP contribution in [0.2, 0.25) is 0 Å². The minimum absolute atomic E-state index is 0.0374.